The minimum Gasteiger partial charge on any atom is -0.409 e. The summed E-state index contributed by atoms with van der Waals surface area (Å²) in [6, 6.07) is 0. The maximum absolute atomic E-state index is 5.31. The highest BCUT2D eigenvalue weighted by Crippen LogP contribution is 2.03. The molecule has 0 bridgehead atoms. The zero-order valence-corrected chi connectivity index (χ0v) is 10.8. The third kappa shape index (κ3) is 4.72. The molecule has 0 amide bonds. The maximum atomic E-state index is 5.31. The van der Waals surface area contributed by atoms with Crippen LogP contribution in [-0.4, -0.2) is 30.9 Å². The summed E-state index contributed by atoms with van der Waals surface area (Å²) >= 11 is 0. The molecule has 0 aromatic carbocycles. The standard InChI is InChI=1S/C8H18O2Si2/c1-9-11(3,4)7-8-12(5,6)10-2/h1-6H3. The molecule has 70 valence electrons. The topological polar surface area (TPSA) is 18.5 Å². The molecule has 0 fully saturated rings. The first-order chi connectivity index (χ1) is 5.33. The van der Waals surface area contributed by atoms with E-state index in [1.54, 1.807) is 14.2 Å². The van der Waals surface area contributed by atoms with Crippen molar-refractivity contribution in [1.82, 2.24) is 0 Å². The predicted molar refractivity (Wildman–Crippen MR) is 56.8 cm³/mol. The summed E-state index contributed by atoms with van der Waals surface area (Å²) in [7, 11) is 0.0295. The molecule has 12 heavy (non-hydrogen) atoms. The summed E-state index contributed by atoms with van der Waals surface area (Å²) in [6.45, 7) is 8.33. The highest BCUT2D eigenvalue weighted by atomic mass is 28.4. The lowest BCUT2D eigenvalue weighted by Crippen LogP contribution is -2.31. The quantitative estimate of drug-likeness (QED) is 0.502. The molecule has 0 aliphatic rings. The van der Waals surface area contributed by atoms with Gasteiger partial charge in [0.1, 0.15) is 0 Å². The van der Waals surface area contributed by atoms with E-state index < -0.39 is 16.6 Å². The lowest BCUT2D eigenvalue weighted by Gasteiger charge is -2.15. The lowest BCUT2D eigenvalue weighted by atomic mass is 11.4. The highest BCUT2D eigenvalue weighted by Gasteiger charge is 2.21. The Hall–Kier alpha value is -0.0862. The van der Waals surface area contributed by atoms with Crippen LogP contribution in [0.2, 0.25) is 26.2 Å². The van der Waals surface area contributed by atoms with Crippen molar-refractivity contribution in [2.45, 2.75) is 26.2 Å². The van der Waals surface area contributed by atoms with Crippen LogP contribution in [0.15, 0.2) is 0 Å². The Morgan fingerprint density at radius 1 is 0.750 bits per heavy atom. The molecule has 0 heterocycles. The van der Waals surface area contributed by atoms with Gasteiger partial charge in [-0.15, -0.1) is 11.1 Å². The van der Waals surface area contributed by atoms with E-state index in [2.05, 4.69) is 37.3 Å². The molecule has 0 saturated heterocycles. The molecular formula is C8H18O2Si2. The van der Waals surface area contributed by atoms with Crippen LogP contribution in [0, 0.1) is 11.1 Å². The molecule has 0 aliphatic carbocycles. The van der Waals surface area contributed by atoms with E-state index in [1.807, 2.05) is 0 Å². The fourth-order valence-electron chi connectivity index (χ4n) is 0.403. The molecule has 0 aromatic rings. The van der Waals surface area contributed by atoms with Gasteiger partial charge >= 0.3 is 0 Å². The largest absolute Gasteiger partial charge is 0.409 e. The Morgan fingerprint density at radius 3 is 1.17 bits per heavy atom. The molecule has 2 nitrogen and oxygen atoms in total. The second-order valence-corrected chi connectivity index (χ2v) is 11.0. The predicted octanol–water partition coefficient (Wildman–Crippen LogP) is 1.77. The Kier molecular flexibility index (Phi) is 4.21. The van der Waals surface area contributed by atoms with Crippen molar-refractivity contribution in [3.8, 4) is 11.1 Å². The van der Waals surface area contributed by atoms with E-state index in [4.69, 9.17) is 8.85 Å². The first-order valence-electron chi connectivity index (χ1n) is 3.97. The minimum absolute atomic E-state index is 1.71. The van der Waals surface area contributed by atoms with Crippen LogP contribution < -0.4 is 0 Å². The molecular weight excluding hydrogens is 184 g/mol. The third-order valence-corrected chi connectivity index (χ3v) is 5.43. The molecule has 0 unspecified atom stereocenters. The van der Waals surface area contributed by atoms with Gasteiger partial charge in [-0.2, -0.15) is 0 Å². The third-order valence-electron chi connectivity index (χ3n) is 1.69. The summed E-state index contributed by atoms with van der Waals surface area (Å²) in [6.07, 6.45) is 0. The van der Waals surface area contributed by atoms with Gasteiger partial charge in [0.15, 0.2) is 0 Å². The van der Waals surface area contributed by atoms with E-state index in [9.17, 15) is 0 Å². The zero-order valence-electron chi connectivity index (χ0n) is 8.82. The first-order valence-corrected chi connectivity index (χ1v) is 9.79. The van der Waals surface area contributed by atoms with E-state index in [-0.39, 0.29) is 0 Å². The van der Waals surface area contributed by atoms with Crippen LogP contribution in [0.3, 0.4) is 0 Å². The van der Waals surface area contributed by atoms with Gasteiger partial charge in [0.2, 0.25) is 0 Å². The van der Waals surface area contributed by atoms with Gasteiger partial charge in [0, 0.05) is 14.2 Å². The van der Waals surface area contributed by atoms with E-state index >= 15 is 0 Å². The van der Waals surface area contributed by atoms with Crippen LogP contribution >= 0.6 is 0 Å². The summed E-state index contributed by atoms with van der Waals surface area (Å²) in [5.74, 6) is 0. The van der Waals surface area contributed by atoms with E-state index in [0.717, 1.165) is 0 Å². The summed E-state index contributed by atoms with van der Waals surface area (Å²) < 4.78 is 10.6. The number of hydrogen-bond donors (Lipinski definition) is 0. The molecule has 0 aliphatic heterocycles. The van der Waals surface area contributed by atoms with Crippen molar-refractivity contribution in [2.24, 2.45) is 0 Å². The van der Waals surface area contributed by atoms with Crippen molar-refractivity contribution < 1.29 is 8.85 Å². The van der Waals surface area contributed by atoms with Gasteiger partial charge in [-0.3, -0.25) is 0 Å². The van der Waals surface area contributed by atoms with Crippen molar-refractivity contribution in [3.63, 3.8) is 0 Å². The van der Waals surface area contributed by atoms with Gasteiger partial charge in [0.25, 0.3) is 16.6 Å². The first kappa shape index (κ1) is 11.9. The zero-order chi connectivity index (χ0) is 9.83. The smallest absolute Gasteiger partial charge is 0.264 e. The molecule has 0 radical (unpaired) electrons. The molecule has 4 heteroatoms. The molecule has 0 saturated carbocycles. The van der Waals surface area contributed by atoms with E-state index in [0.29, 0.717) is 0 Å². The van der Waals surface area contributed by atoms with Gasteiger partial charge in [-0.1, -0.05) is 0 Å². The Morgan fingerprint density at radius 2 is 1.00 bits per heavy atom. The van der Waals surface area contributed by atoms with Crippen LogP contribution in [0.5, 0.6) is 0 Å². The average Bonchev–Trinajstić information content (AvgIpc) is 2.02. The highest BCUT2D eigenvalue weighted by molar-refractivity contribution is 6.84. The fourth-order valence-corrected chi connectivity index (χ4v) is 3.02. The molecule has 0 rings (SSSR count). The maximum Gasteiger partial charge on any atom is 0.264 e. The molecule has 0 aromatic heterocycles. The fraction of sp³-hybridized carbons (Fsp3) is 0.750. The summed E-state index contributed by atoms with van der Waals surface area (Å²) in [4.78, 5) is 0. The summed E-state index contributed by atoms with van der Waals surface area (Å²) in [5.41, 5.74) is 6.41. The molecule has 0 N–H and O–H groups in total. The number of hydrogen-bond acceptors (Lipinski definition) is 2. The average molecular weight is 202 g/mol. The Balaban J connectivity index is 4.39. The van der Waals surface area contributed by atoms with Crippen LogP contribution in [0.4, 0.5) is 0 Å². The second kappa shape index (κ2) is 4.24. The van der Waals surface area contributed by atoms with Crippen molar-refractivity contribution in [3.05, 3.63) is 0 Å². The van der Waals surface area contributed by atoms with Crippen molar-refractivity contribution >= 4 is 16.6 Å². The van der Waals surface area contributed by atoms with Crippen molar-refractivity contribution in [1.29, 1.82) is 0 Å². The van der Waals surface area contributed by atoms with Gasteiger partial charge in [-0.25, -0.2) is 0 Å². The molecule has 0 spiro atoms. The lowest BCUT2D eigenvalue weighted by molar-refractivity contribution is 0.415. The SMILES string of the molecule is CO[Si](C)(C)C#C[Si](C)(C)OC. The van der Waals surface area contributed by atoms with Gasteiger partial charge < -0.3 is 8.85 Å². The normalized spacial score (nSPS) is 12.2. The van der Waals surface area contributed by atoms with Crippen molar-refractivity contribution in [2.75, 3.05) is 14.2 Å². The molecule has 0 atom stereocenters. The monoisotopic (exact) mass is 202 g/mol. The second-order valence-electron chi connectivity index (χ2n) is 3.68. The Bertz CT molecular complexity index is 181. The van der Waals surface area contributed by atoms with Crippen LogP contribution in [0.1, 0.15) is 0 Å². The van der Waals surface area contributed by atoms with Crippen LogP contribution in [0.25, 0.3) is 0 Å². The van der Waals surface area contributed by atoms with E-state index in [1.165, 1.54) is 0 Å². The van der Waals surface area contributed by atoms with Crippen LogP contribution in [-0.2, 0) is 8.85 Å². The van der Waals surface area contributed by atoms with Gasteiger partial charge in [0.05, 0.1) is 0 Å². The number of rotatable bonds is 2. The summed E-state index contributed by atoms with van der Waals surface area (Å²) in [5, 5.41) is 0. The Labute approximate surface area is 77.5 Å². The minimum atomic E-state index is -1.71. The van der Waals surface area contributed by atoms with Gasteiger partial charge in [-0.05, 0) is 26.2 Å².